The number of halogens is 1. The molecular formula is C14H21BrN2O. The van der Waals surface area contributed by atoms with Crippen LogP contribution in [0.1, 0.15) is 24.4 Å². The van der Waals surface area contributed by atoms with Crippen LogP contribution in [-0.2, 0) is 0 Å². The minimum Gasteiger partial charge on any atom is -0.493 e. The molecule has 2 rings (SSSR count). The van der Waals surface area contributed by atoms with Crippen LogP contribution in [0.2, 0.25) is 0 Å². The topological polar surface area (TPSA) is 24.5 Å². The van der Waals surface area contributed by atoms with Gasteiger partial charge in [0, 0.05) is 22.5 Å². The fourth-order valence-corrected chi connectivity index (χ4v) is 2.63. The highest BCUT2D eigenvalue weighted by molar-refractivity contribution is 9.10. The average molecular weight is 313 g/mol. The van der Waals surface area contributed by atoms with E-state index in [2.05, 4.69) is 46.3 Å². The summed E-state index contributed by atoms with van der Waals surface area (Å²) in [7, 11) is 4.22. The third-order valence-corrected chi connectivity index (χ3v) is 3.68. The van der Waals surface area contributed by atoms with Crippen LogP contribution in [0.5, 0.6) is 5.75 Å². The van der Waals surface area contributed by atoms with Gasteiger partial charge in [0.2, 0.25) is 0 Å². The first-order chi connectivity index (χ1) is 8.66. The van der Waals surface area contributed by atoms with Gasteiger partial charge in [0.15, 0.2) is 0 Å². The molecule has 0 amide bonds. The Morgan fingerprint density at radius 2 is 2.28 bits per heavy atom. The van der Waals surface area contributed by atoms with E-state index < -0.39 is 0 Å². The summed E-state index contributed by atoms with van der Waals surface area (Å²) in [5.74, 6) is 1.02. The summed E-state index contributed by atoms with van der Waals surface area (Å²) >= 11 is 3.53. The molecule has 18 heavy (non-hydrogen) atoms. The van der Waals surface area contributed by atoms with Crippen molar-refractivity contribution in [1.29, 1.82) is 0 Å². The Bertz CT molecular complexity index is 395. The summed E-state index contributed by atoms with van der Waals surface area (Å²) in [5, 5.41) is 3.63. The molecule has 0 aliphatic carbocycles. The van der Waals surface area contributed by atoms with Crippen molar-refractivity contribution in [2.24, 2.45) is 0 Å². The first kappa shape index (κ1) is 13.8. The van der Waals surface area contributed by atoms with Crippen LogP contribution in [0.3, 0.4) is 0 Å². The number of ether oxygens (including phenoxy) is 1. The maximum Gasteiger partial charge on any atom is 0.124 e. The highest BCUT2D eigenvalue weighted by Gasteiger charge is 2.20. The Hall–Kier alpha value is -0.580. The molecule has 0 aromatic heterocycles. The van der Waals surface area contributed by atoms with Gasteiger partial charge in [-0.3, -0.25) is 0 Å². The largest absolute Gasteiger partial charge is 0.493 e. The molecular weight excluding hydrogens is 292 g/mol. The molecule has 1 atom stereocenters. The third kappa shape index (κ3) is 3.70. The van der Waals surface area contributed by atoms with Crippen molar-refractivity contribution in [3.8, 4) is 5.75 Å². The predicted molar refractivity (Wildman–Crippen MR) is 78.2 cm³/mol. The number of hydrogen-bond acceptors (Lipinski definition) is 3. The third-order valence-electron chi connectivity index (χ3n) is 3.18. The number of rotatable bonds is 5. The Kier molecular flexibility index (Phi) is 5.03. The van der Waals surface area contributed by atoms with Crippen LogP contribution in [-0.4, -0.2) is 38.7 Å². The second kappa shape index (κ2) is 6.55. The molecule has 4 heteroatoms. The Morgan fingerprint density at radius 1 is 1.44 bits per heavy atom. The van der Waals surface area contributed by atoms with Gasteiger partial charge >= 0.3 is 0 Å². The van der Waals surface area contributed by atoms with Crippen molar-refractivity contribution in [1.82, 2.24) is 10.2 Å². The molecule has 0 saturated heterocycles. The number of fused-ring (bicyclic) bond motifs is 1. The molecule has 0 fully saturated rings. The van der Waals surface area contributed by atoms with E-state index in [-0.39, 0.29) is 0 Å². The van der Waals surface area contributed by atoms with E-state index in [4.69, 9.17) is 4.74 Å². The maximum atomic E-state index is 5.68. The molecule has 3 nitrogen and oxygen atoms in total. The molecule has 1 aliphatic heterocycles. The zero-order chi connectivity index (χ0) is 13.0. The molecule has 0 radical (unpaired) electrons. The van der Waals surface area contributed by atoms with Crippen molar-refractivity contribution in [3.05, 3.63) is 28.2 Å². The van der Waals surface area contributed by atoms with Crippen molar-refractivity contribution < 1.29 is 4.74 Å². The second-order valence-electron chi connectivity index (χ2n) is 4.98. The molecule has 1 heterocycles. The standard InChI is InChI=1S/C14H21BrN2O/c1-17(2)8-3-7-16-13-6-9-18-14-5-4-11(15)10-12(13)14/h4-5,10,13,16H,3,6-9H2,1-2H3. The minimum absolute atomic E-state index is 0.424. The van der Waals surface area contributed by atoms with Crippen LogP contribution in [0.15, 0.2) is 22.7 Å². The van der Waals surface area contributed by atoms with Gasteiger partial charge in [-0.25, -0.2) is 0 Å². The fraction of sp³-hybridized carbons (Fsp3) is 0.571. The van der Waals surface area contributed by atoms with Gasteiger partial charge in [-0.15, -0.1) is 0 Å². The molecule has 0 bridgehead atoms. The number of benzene rings is 1. The number of hydrogen-bond donors (Lipinski definition) is 1. The van der Waals surface area contributed by atoms with Crippen LogP contribution >= 0.6 is 15.9 Å². The molecule has 0 spiro atoms. The van der Waals surface area contributed by atoms with E-state index in [1.54, 1.807) is 0 Å². The minimum atomic E-state index is 0.424. The quantitative estimate of drug-likeness (QED) is 0.846. The van der Waals surface area contributed by atoms with Gasteiger partial charge in [0.05, 0.1) is 6.61 Å². The van der Waals surface area contributed by atoms with E-state index in [1.165, 1.54) is 12.0 Å². The first-order valence-corrected chi connectivity index (χ1v) is 7.26. The van der Waals surface area contributed by atoms with Gasteiger partial charge in [0.1, 0.15) is 5.75 Å². The van der Waals surface area contributed by atoms with Crippen molar-refractivity contribution in [2.45, 2.75) is 18.9 Å². The smallest absolute Gasteiger partial charge is 0.124 e. The fourth-order valence-electron chi connectivity index (χ4n) is 2.25. The van der Waals surface area contributed by atoms with E-state index in [0.717, 1.165) is 36.3 Å². The van der Waals surface area contributed by atoms with Crippen molar-refractivity contribution in [3.63, 3.8) is 0 Å². The normalized spacial score (nSPS) is 18.6. The van der Waals surface area contributed by atoms with E-state index in [1.807, 2.05) is 12.1 Å². The zero-order valence-electron chi connectivity index (χ0n) is 11.1. The summed E-state index contributed by atoms with van der Waals surface area (Å²) in [6.07, 6.45) is 2.22. The van der Waals surface area contributed by atoms with Crippen LogP contribution in [0.25, 0.3) is 0 Å². The van der Waals surface area contributed by atoms with E-state index >= 15 is 0 Å². The molecule has 0 saturated carbocycles. The number of nitrogens with one attached hydrogen (secondary N) is 1. The highest BCUT2D eigenvalue weighted by atomic mass is 79.9. The Balaban J connectivity index is 1.93. The van der Waals surface area contributed by atoms with E-state index in [9.17, 15) is 0 Å². The lowest BCUT2D eigenvalue weighted by Gasteiger charge is -2.27. The zero-order valence-corrected chi connectivity index (χ0v) is 12.7. The number of nitrogens with zero attached hydrogens (tertiary/aromatic N) is 1. The van der Waals surface area contributed by atoms with Gasteiger partial charge in [-0.1, -0.05) is 15.9 Å². The molecule has 1 aliphatic rings. The Morgan fingerprint density at radius 3 is 3.06 bits per heavy atom. The summed E-state index contributed by atoms with van der Waals surface area (Å²) in [4.78, 5) is 2.22. The summed E-state index contributed by atoms with van der Waals surface area (Å²) in [6, 6.07) is 6.67. The summed E-state index contributed by atoms with van der Waals surface area (Å²) in [6.45, 7) is 2.98. The first-order valence-electron chi connectivity index (χ1n) is 6.47. The molecule has 1 aromatic carbocycles. The van der Waals surface area contributed by atoms with Gasteiger partial charge in [-0.05, 0) is 51.8 Å². The molecule has 1 unspecified atom stereocenters. The lowest BCUT2D eigenvalue weighted by molar-refractivity contribution is 0.251. The van der Waals surface area contributed by atoms with E-state index in [0.29, 0.717) is 6.04 Å². The molecule has 1 N–H and O–H groups in total. The van der Waals surface area contributed by atoms with Crippen molar-refractivity contribution in [2.75, 3.05) is 33.8 Å². The van der Waals surface area contributed by atoms with Gasteiger partial charge < -0.3 is 15.0 Å². The molecule has 100 valence electrons. The monoisotopic (exact) mass is 312 g/mol. The van der Waals surface area contributed by atoms with Crippen LogP contribution in [0, 0.1) is 0 Å². The molecule has 1 aromatic rings. The van der Waals surface area contributed by atoms with Gasteiger partial charge in [-0.2, -0.15) is 0 Å². The highest BCUT2D eigenvalue weighted by Crippen LogP contribution is 2.33. The summed E-state index contributed by atoms with van der Waals surface area (Å²) < 4.78 is 6.80. The summed E-state index contributed by atoms with van der Waals surface area (Å²) in [5.41, 5.74) is 1.28. The lowest BCUT2D eigenvalue weighted by Crippen LogP contribution is -2.29. The predicted octanol–water partition coefficient (Wildman–Crippen LogP) is 2.81. The van der Waals surface area contributed by atoms with Crippen LogP contribution in [0.4, 0.5) is 0 Å². The lowest BCUT2D eigenvalue weighted by atomic mass is 10.0. The SMILES string of the molecule is CN(C)CCCNC1CCOc2ccc(Br)cc21. The van der Waals surface area contributed by atoms with Crippen LogP contribution < -0.4 is 10.1 Å². The second-order valence-corrected chi connectivity index (χ2v) is 5.90. The van der Waals surface area contributed by atoms with Crippen molar-refractivity contribution >= 4 is 15.9 Å². The maximum absolute atomic E-state index is 5.68. The Labute approximate surface area is 118 Å². The average Bonchev–Trinajstić information content (AvgIpc) is 2.34. The van der Waals surface area contributed by atoms with Gasteiger partial charge in [0.25, 0.3) is 0 Å².